The number of aliphatic hydroxyl groups excluding tert-OH is 3. The van der Waals surface area contributed by atoms with Crippen molar-refractivity contribution in [1.82, 2.24) is 0 Å². The molecule has 0 aliphatic rings. The van der Waals surface area contributed by atoms with E-state index in [9.17, 15) is 4.79 Å². The maximum Gasteiger partial charge on any atom is 0.334 e. The van der Waals surface area contributed by atoms with Crippen LogP contribution in [0.1, 0.15) is 111 Å². The summed E-state index contributed by atoms with van der Waals surface area (Å²) in [6.45, 7) is 5.08. The molecule has 5 nitrogen and oxygen atoms in total. The lowest BCUT2D eigenvalue weighted by atomic mass is 10.0. The van der Waals surface area contributed by atoms with Crippen LogP contribution >= 0.6 is 0 Å². The second kappa shape index (κ2) is 23.4. The summed E-state index contributed by atoms with van der Waals surface area (Å²) in [4.78, 5) is 10.5. The van der Waals surface area contributed by atoms with Gasteiger partial charge in [-0.15, -0.1) is 0 Å². The van der Waals surface area contributed by atoms with Crippen LogP contribution in [0.5, 0.6) is 0 Å². The average Bonchev–Trinajstić information content (AvgIpc) is 2.67. The molecule has 0 rings (SSSR count). The third-order valence-corrected chi connectivity index (χ3v) is 4.43. The second-order valence-corrected chi connectivity index (χ2v) is 7.39. The molecule has 0 radical (unpaired) electrons. The zero-order valence-electron chi connectivity index (χ0n) is 18.1. The molecule has 3 N–H and O–H groups in total. The SMILES string of the molecule is CC(O)C(=O)OCC(O)CO.CCCCCCCCCCCCCCCC. The summed E-state index contributed by atoms with van der Waals surface area (Å²) in [6.07, 6.45) is 18.2. The maximum atomic E-state index is 10.5. The fourth-order valence-electron chi connectivity index (χ4n) is 2.62. The van der Waals surface area contributed by atoms with Crippen LogP contribution in [0.2, 0.25) is 0 Å². The van der Waals surface area contributed by atoms with Crippen molar-refractivity contribution in [3.8, 4) is 0 Å². The first-order valence-corrected chi connectivity index (χ1v) is 11.1. The number of carbonyl (C=O) groups excluding carboxylic acids is 1. The Kier molecular flexibility index (Phi) is 24.7. The van der Waals surface area contributed by atoms with Gasteiger partial charge in [-0.05, 0) is 6.92 Å². The lowest BCUT2D eigenvalue weighted by molar-refractivity contribution is -0.156. The smallest absolute Gasteiger partial charge is 0.334 e. The number of unbranched alkanes of at least 4 members (excludes halogenated alkanes) is 13. The van der Waals surface area contributed by atoms with Crippen molar-refractivity contribution in [1.29, 1.82) is 0 Å². The van der Waals surface area contributed by atoms with Gasteiger partial charge in [-0.1, -0.05) is 104 Å². The summed E-state index contributed by atoms with van der Waals surface area (Å²) < 4.78 is 4.36. The Labute approximate surface area is 167 Å². The number of carbonyl (C=O) groups is 1. The number of aliphatic hydroxyl groups is 3. The molecule has 5 heteroatoms. The molecule has 0 amide bonds. The molecule has 2 unspecified atom stereocenters. The van der Waals surface area contributed by atoms with Gasteiger partial charge in [0.15, 0.2) is 0 Å². The molecule has 0 aromatic heterocycles. The Bertz CT molecular complexity index is 280. The zero-order chi connectivity index (χ0) is 20.8. The molecule has 0 spiro atoms. The van der Waals surface area contributed by atoms with Crippen molar-refractivity contribution in [3.63, 3.8) is 0 Å². The maximum absolute atomic E-state index is 10.5. The zero-order valence-corrected chi connectivity index (χ0v) is 18.1. The van der Waals surface area contributed by atoms with E-state index in [1.54, 1.807) is 0 Å². The summed E-state index contributed by atoms with van der Waals surface area (Å²) in [5, 5.41) is 25.6. The van der Waals surface area contributed by atoms with E-state index in [4.69, 9.17) is 15.3 Å². The molecular formula is C22H46O5. The molecule has 0 aliphatic carbocycles. The highest BCUT2D eigenvalue weighted by molar-refractivity contribution is 5.73. The Balaban J connectivity index is 0. The third kappa shape index (κ3) is 25.3. The lowest BCUT2D eigenvalue weighted by Crippen LogP contribution is -2.26. The van der Waals surface area contributed by atoms with Gasteiger partial charge in [0.1, 0.15) is 18.8 Å². The number of ether oxygens (including phenoxy) is 1. The first-order chi connectivity index (χ1) is 13.0. The van der Waals surface area contributed by atoms with Gasteiger partial charge in [0, 0.05) is 0 Å². The Hall–Kier alpha value is -0.650. The minimum atomic E-state index is -1.19. The van der Waals surface area contributed by atoms with E-state index in [0.717, 1.165) is 0 Å². The van der Waals surface area contributed by atoms with Crippen molar-refractivity contribution in [2.75, 3.05) is 13.2 Å². The molecule has 0 saturated carbocycles. The van der Waals surface area contributed by atoms with Crippen molar-refractivity contribution in [2.45, 2.75) is 123 Å². The molecule has 0 aliphatic heterocycles. The quantitative estimate of drug-likeness (QED) is 0.246. The summed E-state index contributed by atoms with van der Waals surface area (Å²) in [5.74, 6) is -0.808. The normalized spacial score (nSPS) is 12.8. The second-order valence-electron chi connectivity index (χ2n) is 7.39. The van der Waals surface area contributed by atoms with Crippen LogP contribution < -0.4 is 0 Å². The van der Waals surface area contributed by atoms with E-state index >= 15 is 0 Å². The van der Waals surface area contributed by atoms with Crippen molar-refractivity contribution < 1.29 is 24.9 Å². The highest BCUT2D eigenvalue weighted by atomic mass is 16.6. The Morgan fingerprint density at radius 2 is 1.07 bits per heavy atom. The fourth-order valence-corrected chi connectivity index (χ4v) is 2.62. The van der Waals surface area contributed by atoms with Crippen LogP contribution in [-0.2, 0) is 9.53 Å². The first-order valence-electron chi connectivity index (χ1n) is 11.1. The monoisotopic (exact) mass is 390 g/mol. The molecule has 2 atom stereocenters. The minimum Gasteiger partial charge on any atom is -0.461 e. The topological polar surface area (TPSA) is 87.0 Å². The largest absolute Gasteiger partial charge is 0.461 e. The van der Waals surface area contributed by atoms with Crippen molar-refractivity contribution >= 4 is 5.97 Å². The van der Waals surface area contributed by atoms with E-state index in [-0.39, 0.29) is 6.61 Å². The number of hydrogen-bond donors (Lipinski definition) is 3. The number of esters is 1. The first kappa shape index (κ1) is 28.6. The van der Waals surface area contributed by atoms with Crippen molar-refractivity contribution in [2.24, 2.45) is 0 Å². The summed E-state index contributed by atoms with van der Waals surface area (Å²) in [5.41, 5.74) is 0. The van der Waals surface area contributed by atoms with Crippen LogP contribution in [-0.4, -0.2) is 46.7 Å². The van der Waals surface area contributed by atoms with Gasteiger partial charge in [-0.25, -0.2) is 4.79 Å². The number of hydrogen-bond acceptors (Lipinski definition) is 5. The summed E-state index contributed by atoms with van der Waals surface area (Å²) >= 11 is 0. The minimum absolute atomic E-state index is 0.291. The molecule has 164 valence electrons. The van der Waals surface area contributed by atoms with Gasteiger partial charge in [-0.3, -0.25) is 0 Å². The van der Waals surface area contributed by atoms with E-state index in [0.29, 0.717) is 0 Å². The molecule has 0 aromatic carbocycles. The van der Waals surface area contributed by atoms with Crippen LogP contribution in [0, 0.1) is 0 Å². The summed E-state index contributed by atoms with van der Waals surface area (Å²) in [7, 11) is 0. The molecule has 0 aromatic rings. The highest BCUT2D eigenvalue weighted by Gasteiger charge is 2.12. The summed E-state index contributed by atoms with van der Waals surface area (Å²) in [6, 6.07) is 0. The molecular weight excluding hydrogens is 344 g/mol. The van der Waals surface area contributed by atoms with Crippen LogP contribution in [0.4, 0.5) is 0 Å². The van der Waals surface area contributed by atoms with Gasteiger partial charge >= 0.3 is 5.97 Å². The van der Waals surface area contributed by atoms with E-state index in [1.807, 2.05) is 0 Å². The number of rotatable bonds is 17. The van der Waals surface area contributed by atoms with Crippen LogP contribution in [0.3, 0.4) is 0 Å². The Morgan fingerprint density at radius 1 is 0.741 bits per heavy atom. The molecule has 0 heterocycles. The highest BCUT2D eigenvalue weighted by Crippen LogP contribution is 2.12. The van der Waals surface area contributed by atoms with Gasteiger partial charge in [0.2, 0.25) is 0 Å². The molecule has 27 heavy (non-hydrogen) atoms. The standard InChI is InChI=1S/C16H34.C6H12O5/c1-3-5-7-9-11-13-15-16-14-12-10-8-6-4-2;1-4(8)6(10)11-3-5(9)2-7/h3-16H2,1-2H3;4-5,7-9H,2-3H2,1H3. The van der Waals surface area contributed by atoms with E-state index < -0.39 is 24.8 Å². The predicted molar refractivity (Wildman–Crippen MR) is 112 cm³/mol. The van der Waals surface area contributed by atoms with Gasteiger partial charge in [0.25, 0.3) is 0 Å². The van der Waals surface area contributed by atoms with Crippen LogP contribution in [0.15, 0.2) is 0 Å². The van der Waals surface area contributed by atoms with Gasteiger partial charge in [-0.2, -0.15) is 0 Å². The van der Waals surface area contributed by atoms with Crippen LogP contribution in [0.25, 0.3) is 0 Å². The van der Waals surface area contributed by atoms with E-state index in [1.165, 1.54) is 96.8 Å². The van der Waals surface area contributed by atoms with Gasteiger partial charge < -0.3 is 20.1 Å². The van der Waals surface area contributed by atoms with Crippen molar-refractivity contribution in [3.05, 3.63) is 0 Å². The molecule has 0 fully saturated rings. The average molecular weight is 391 g/mol. The molecule has 0 bridgehead atoms. The fraction of sp³-hybridized carbons (Fsp3) is 0.955. The predicted octanol–water partition coefficient (Wildman–Crippen LogP) is 4.75. The van der Waals surface area contributed by atoms with E-state index in [2.05, 4.69) is 18.6 Å². The van der Waals surface area contributed by atoms with Gasteiger partial charge in [0.05, 0.1) is 6.61 Å². The lowest BCUT2D eigenvalue weighted by Gasteiger charge is -2.09. The third-order valence-electron chi connectivity index (χ3n) is 4.43. The molecule has 0 saturated heterocycles. The Morgan fingerprint density at radius 3 is 1.33 bits per heavy atom.